The lowest BCUT2D eigenvalue weighted by Gasteiger charge is -2.17. The molecule has 0 saturated carbocycles. The molecule has 8 heteroatoms. The van der Waals surface area contributed by atoms with Gasteiger partial charge in [0.25, 0.3) is 0 Å². The van der Waals surface area contributed by atoms with Gasteiger partial charge in [0.15, 0.2) is 0 Å². The smallest absolute Gasteiger partial charge is 0.222 e. The third kappa shape index (κ3) is 6.96. The third-order valence-electron chi connectivity index (χ3n) is 5.02. The molecule has 164 valence electrons. The second-order valence-electron chi connectivity index (χ2n) is 7.51. The van der Waals surface area contributed by atoms with E-state index in [9.17, 15) is 13.2 Å². The fourth-order valence-corrected chi connectivity index (χ4v) is 3.76. The van der Waals surface area contributed by atoms with Crippen molar-refractivity contribution in [3.63, 3.8) is 0 Å². The minimum absolute atomic E-state index is 0.0393. The monoisotopic (exact) mass is 440 g/mol. The van der Waals surface area contributed by atoms with Crippen molar-refractivity contribution in [1.29, 1.82) is 0 Å². The molecule has 1 aromatic heterocycles. The van der Waals surface area contributed by atoms with Gasteiger partial charge in [0.05, 0.1) is 11.7 Å². The highest BCUT2D eigenvalue weighted by Gasteiger charge is 2.18. The number of aryl methyl sites for hydroxylation is 3. The van der Waals surface area contributed by atoms with Crippen LogP contribution in [0.2, 0.25) is 0 Å². The number of imidazole rings is 1. The molecule has 0 aliphatic rings. The summed E-state index contributed by atoms with van der Waals surface area (Å²) in [6.45, 7) is 4.07. The Hall–Kier alpha value is -3.13. The molecule has 0 saturated heterocycles. The van der Waals surface area contributed by atoms with Crippen LogP contribution in [0.25, 0.3) is 0 Å². The van der Waals surface area contributed by atoms with Crippen LogP contribution in [0.3, 0.4) is 0 Å². The lowest BCUT2D eigenvalue weighted by atomic mass is 10.0. The molecular formula is C23H28N4O3S. The number of aromatic amines is 1. The second kappa shape index (κ2) is 10.8. The van der Waals surface area contributed by atoms with E-state index in [1.54, 1.807) is 12.1 Å². The highest BCUT2D eigenvalue weighted by atomic mass is 32.2. The Balaban J connectivity index is 1.69. The van der Waals surface area contributed by atoms with E-state index in [-0.39, 0.29) is 11.9 Å². The van der Waals surface area contributed by atoms with Crippen molar-refractivity contribution in [3.8, 4) is 0 Å². The number of amides is 1. The van der Waals surface area contributed by atoms with E-state index in [4.69, 9.17) is 0 Å². The first-order valence-corrected chi connectivity index (χ1v) is 11.5. The number of hydrogen-bond acceptors (Lipinski definition) is 4. The van der Waals surface area contributed by atoms with Crippen LogP contribution in [0.4, 0.5) is 5.69 Å². The summed E-state index contributed by atoms with van der Waals surface area (Å²) >= 11 is 0. The Morgan fingerprint density at radius 3 is 2.55 bits per heavy atom. The van der Waals surface area contributed by atoms with E-state index in [1.165, 1.54) is 5.56 Å². The molecule has 0 fully saturated rings. The van der Waals surface area contributed by atoms with E-state index in [1.807, 2.05) is 50.4 Å². The maximum atomic E-state index is 12.7. The van der Waals surface area contributed by atoms with Gasteiger partial charge in [-0.3, -0.25) is 9.52 Å². The van der Waals surface area contributed by atoms with Crippen LogP contribution in [0.5, 0.6) is 0 Å². The van der Waals surface area contributed by atoms with Crippen LogP contribution in [-0.4, -0.2) is 24.3 Å². The Kier molecular flexibility index (Phi) is 7.83. The summed E-state index contributed by atoms with van der Waals surface area (Å²) in [4.78, 5) is 20.5. The standard InChI is InChI=1S/C23H28N4O3S/c1-3-19-15-24-23(25-19)21(14-18-7-10-20(11-8-18)27-31(29)30)26-22(28)12-9-17-6-4-5-16(2)13-17/h4-8,10-11,13,15,21,31H,3,9,12,14H2,1-2H3,(H,24,25)(H,26,28)(H,27,29,30)/t21-/m0/s1. The number of anilines is 1. The molecule has 0 spiro atoms. The summed E-state index contributed by atoms with van der Waals surface area (Å²) in [7, 11) is -2.70. The zero-order valence-corrected chi connectivity index (χ0v) is 18.6. The summed E-state index contributed by atoms with van der Waals surface area (Å²) in [5, 5.41) is 3.11. The maximum absolute atomic E-state index is 12.7. The van der Waals surface area contributed by atoms with E-state index < -0.39 is 10.9 Å². The van der Waals surface area contributed by atoms with Crippen molar-refractivity contribution >= 4 is 22.5 Å². The predicted octanol–water partition coefficient (Wildman–Crippen LogP) is 3.25. The largest absolute Gasteiger partial charge is 0.347 e. The van der Waals surface area contributed by atoms with E-state index in [2.05, 4.69) is 26.1 Å². The van der Waals surface area contributed by atoms with Crippen LogP contribution in [0.15, 0.2) is 54.7 Å². The molecule has 7 nitrogen and oxygen atoms in total. The number of benzene rings is 2. The Bertz CT molecular complexity index is 1080. The van der Waals surface area contributed by atoms with Crippen molar-refractivity contribution in [1.82, 2.24) is 15.3 Å². The first kappa shape index (κ1) is 22.6. The molecule has 31 heavy (non-hydrogen) atoms. The number of H-pyrrole nitrogens is 1. The minimum Gasteiger partial charge on any atom is -0.347 e. The number of hydrogen-bond donors (Lipinski definition) is 4. The topological polar surface area (TPSA) is 104 Å². The molecule has 1 atom stereocenters. The molecule has 3 rings (SSSR count). The highest BCUT2D eigenvalue weighted by Crippen LogP contribution is 2.19. The first-order chi connectivity index (χ1) is 14.9. The van der Waals surface area contributed by atoms with Crippen LogP contribution in [-0.2, 0) is 34.9 Å². The van der Waals surface area contributed by atoms with Crippen LogP contribution < -0.4 is 10.0 Å². The molecule has 1 heterocycles. The molecule has 1 amide bonds. The number of thiol groups is 1. The zero-order chi connectivity index (χ0) is 22.2. The van der Waals surface area contributed by atoms with E-state index >= 15 is 0 Å². The van der Waals surface area contributed by atoms with Gasteiger partial charge >= 0.3 is 0 Å². The third-order valence-corrected chi connectivity index (χ3v) is 5.46. The second-order valence-corrected chi connectivity index (χ2v) is 8.25. The van der Waals surface area contributed by atoms with Crippen LogP contribution >= 0.6 is 0 Å². The maximum Gasteiger partial charge on any atom is 0.222 e. The number of rotatable bonds is 10. The van der Waals surface area contributed by atoms with E-state index in [0.29, 0.717) is 30.8 Å². The van der Waals surface area contributed by atoms with Gasteiger partial charge < -0.3 is 10.3 Å². The van der Waals surface area contributed by atoms with Gasteiger partial charge in [-0.2, -0.15) is 0 Å². The van der Waals surface area contributed by atoms with Gasteiger partial charge in [-0.05, 0) is 49.4 Å². The summed E-state index contributed by atoms with van der Waals surface area (Å²) in [6.07, 6.45) is 4.26. The fourth-order valence-electron chi connectivity index (χ4n) is 3.40. The lowest BCUT2D eigenvalue weighted by molar-refractivity contribution is -0.121. The Morgan fingerprint density at radius 1 is 1.13 bits per heavy atom. The quantitative estimate of drug-likeness (QED) is 0.363. The molecule has 3 N–H and O–H groups in total. The molecule has 0 aliphatic carbocycles. The summed E-state index contributed by atoms with van der Waals surface area (Å²) in [5.41, 5.74) is 4.72. The van der Waals surface area contributed by atoms with Crippen molar-refractivity contribution < 1.29 is 13.2 Å². The van der Waals surface area contributed by atoms with Crippen LogP contribution in [0.1, 0.15) is 47.6 Å². The normalized spacial score (nSPS) is 12.0. The number of nitrogens with one attached hydrogen (secondary N) is 3. The average Bonchev–Trinajstić information content (AvgIpc) is 3.22. The minimum atomic E-state index is -2.70. The number of carbonyl (C=O) groups is 1. The van der Waals surface area contributed by atoms with Crippen molar-refractivity contribution in [3.05, 3.63) is 82.9 Å². The molecule has 0 bridgehead atoms. The van der Waals surface area contributed by atoms with E-state index in [0.717, 1.165) is 23.2 Å². The van der Waals surface area contributed by atoms with Gasteiger partial charge in [-0.25, -0.2) is 13.4 Å². The molecule has 0 radical (unpaired) electrons. The highest BCUT2D eigenvalue weighted by molar-refractivity contribution is 7.73. The van der Waals surface area contributed by atoms with Gasteiger partial charge in [0, 0.05) is 18.3 Å². The Morgan fingerprint density at radius 2 is 1.90 bits per heavy atom. The van der Waals surface area contributed by atoms with Crippen LogP contribution in [0, 0.1) is 6.92 Å². The van der Waals surface area contributed by atoms with Crippen molar-refractivity contribution in [2.45, 2.75) is 45.6 Å². The number of nitrogens with zero attached hydrogens (tertiary/aromatic N) is 1. The predicted molar refractivity (Wildman–Crippen MR) is 122 cm³/mol. The summed E-state index contributed by atoms with van der Waals surface area (Å²) in [5.74, 6) is 0.674. The van der Waals surface area contributed by atoms with Crippen molar-refractivity contribution in [2.24, 2.45) is 0 Å². The fraction of sp³-hybridized carbons (Fsp3) is 0.304. The summed E-state index contributed by atoms with van der Waals surface area (Å²) in [6, 6.07) is 15.0. The SMILES string of the molecule is CCc1c[nH]c([C@H](Cc2ccc(N[SH](=O)=O)cc2)NC(=O)CCc2cccc(C)c2)n1. The lowest BCUT2D eigenvalue weighted by Crippen LogP contribution is -2.31. The van der Waals surface area contributed by atoms with Crippen molar-refractivity contribution in [2.75, 3.05) is 4.72 Å². The molecule has 2 aromatic carbocycles. The van der Waals surface area contributed by atoms with Gasteiger partial charge in [-0.15, -0.1) is 0 Å². The first-order valence-electron chi connectivity index (χ1n) is 10.3. The molecule has 0 aliphatic heterocycles. The van der Waals surface area contributed by atoms with Gasteiger partial charge in [-0.1, -0.05) is 48.9 Å². The van der Waals surface area contributed by atoms with Gasteiger partial charge in [0.1, 0.15) is 5.82 Å². The van der Waals surface area contributed by atoms with Gasteiger partial charge in [0.2, 0.25) is 16.8 Å². The molecule has 0 unspecified atom stereocenters. The summed E-state index contributed by atoms with van der Waals surface area (Å²) < 4.78 is 24.0. The Labute approximate surface area is 184 Å². The number of carbonyl (C=O) groups excluding carboxylic acids is 1. The average molecular weight is 441 g/mol. The zero-order valence-electron chi connectivity index (χ0n) is 17.7. The number of aromatic nitrogens is 2. The molecular weight excluding hydrogens is 412 g/mol. The molecule has 3 aromatic rings.